The van der Waals surface area contributed by atoms with E-state index in [1.807, 2.05) is 32.1 Å². The van der Waals surface area contributed by atoms with Crippen molar-refractivity contribution >= 4 is 0 Å². The molecule has 1 aliphatic carbocycles. The van der Waals surface area contributed by atoms with Crippen LogP contribution in [0.3, 0.4) is 0 Å². The summed E-state index contributed by atoms with van der Waals surface area (Å²) in [5.74, 6) is 0.332. The first-order chi connectivity index (χ1) is 4.89. The van der Waals surface area contributed by atoms with E-state index in [-0.39, 0.29) is 0 Å². The first kappa shape index (κ1) is 9.02. The van der Waals surface area contributed by atoms with Crippen molar-refractivity contribution in [2.45, 2.75) is 20.3 Å². The lowest BCUT2D eigenvalue weighted by Crippen LogP contribution is -1.66. The molecule has 10 heavy (non-hydrogen) atoms. The van der Waals surface area contributed by atoms with Crippen molar-refractivity contribution in [2.24, 2.45) is 0 Å². The molecular weight excluding hydrogens is 124 g/mol. The van der Waals surface area contributed by atoms with E-state index >= 15 is 0 Å². The van der Waals surface area contributed by atoms with E-state index in [0.29, 0.717) is 5.76 Å². The van der Waals surface area contributed by atoms with E-state index in [0.717, 1.165) is 6.42 Å². The Morgan fingerprint density at radius 2 is 2.00 bits per heavy atom. The second kappa shape index (κ2) is 6.14. The molecule has 0 saturated heterocycles. The van der Waals surface area contributed by atoms with Crippen LogP contribution in [-0.2, 0) is 0 Å². The van der Waals surface area contributed by atoms with Gasteiger partial charge in [0.2, 0.25) is 0 Å². The molecule has 0 heterocycles. The van der Waals surface area contributed by atoms with Gasteiger partial charge in [-0.05, 0) is 18.6 Å². The Hall–Kier alpha value is -0.980. The Bertz CT molecular complexity index is 152. The van der Waals surface area contributed by atoms with Crippen LogP contribution in [0.1, 0.15) is 20.3 Å². The zero-order valence-electron chi connectivity index (χ0n) is 6.54. The van der Waals surface area contributed by atoms with Gasteiger partial charge < -0.3 is 5.11 Å². The third-order valence-electron chi connectivity index (χ3n) is 0.964. The van der Waals surface area contributed by atoms with Crippen molar-refractivity contribution in [1.29, 1.82) is 0 Å². The molecule has 1 rings (SSSR count). The van der Waals surface area contributed by atoms with Crippen LogP contribution in [0, 0.1) is 0 Å². The molecule has 0 aliphatic heterocycles. The molecule has 1 nitrogen and oxygen atoms in total. The Morgan fingerprint density at radius 1 is 1.30 bits per heavy atom. The minimum atomic E-state index is 0.332. The molecule has 56 valence electrons. The molecular formula is C9H14O. The summed E-state index contributed by atoms with van der Waals surface area (Å²) in [6, 6.07) is 0. The van der Waals surface area contributed by atoms with Gasteiger partial charge in [-0.1, -0.05) is 32.1 Å². The summed E-state index contributed by atoms with van der Waals surface area (Å²) in [6.45, 7) is 4.00. The van der Waals surface area contributed by atoms with E-state index in [1.165, 1.54) is 0 Å². The fraction of sp³-hybridized carbons (Fsp3) is 0.333. The quantitative estimate of drug-likeness (QED) is 0.545. The van der Waals surface area contributed by atoms with Crippen LogP contribution in [0.25, 0.3) is 0 Å². The largest absolute Gasteiger partial charge is 0.508 e. The minimum Gasteiger partial charge on any atom is -0.508 e. The Morgan fingerprint density at radius 3 is 2.70 bits per heavy atom. The van der Waals surface area contributed by atoms with Gasteiger partial charge in [-0.15, -0.1) is 0 Å². The molecule has 0 aromatic carbocycles. The van der Waals surface area contributed by atoms with Gasteiger partial charge in [-0.3, -0.25) is 0 Å². The molecule has 0 saturated carbocycles. The molecule has 1 heteroatoms. The lowest BCUT2D eigenvalue weighted by atomic mass is 10.4. The van der Waals surface area contributed by atoms with E-state index < -0.39 is 0 Å². The average molecular weight is 138 g/mol. The van der Waals surface area contributed by atoms with Crippen LogP contribution >= 0.6 is 0 Å². The summed E-state index contributed by atoms with van der Waals surface area (Å²) in [5.41, 5.74) is 0. The maximum atomic E-state index is 8.81. The molecule has 0 aromatic heterocycles. The minimum absolute atomic E-state index is 0.332. The lowest BCUT2D eigenvalue weighted by molar-refractivity contribution is 0.432. The molecule has 0 spiro atoms. The third-order valence-corrected chi connectivity index (χ3v) is 0.964. The van der Waals surface area contributed by atoms with Crippen molar-refractivity contribution in [3.63, 3.8) is 0 Å². The molecule has 0 amide bonds. The summed E-state index contributed by atoms with van der Waals surface area (Å²) < 4.78 is 0. The normalized spacial score (nSPS) is 14.8. The zero-order chi connectivity index (χ0) is 7.82. The number of allylic oxidation sites excluding steroid dienone is 5. The second-order valence-corrected chi connectivity index (χ2v) is 1.66. The predicted octanol–water partition coefficient (Wildman–Crippen LogP) is 2.97. The number of hydrogen-bond donors (Lipinski definition) is 1. The molecule has 0 fully saturated rings. The summed E-state index contributed by atoms with van der Waals surface area (Å²) >= 11 is 0. The van der Waals surface area contributed by atoms with Crippen molar-refractivity contribution < 1.29 is 5.11 Å². The van der Waals surface area contributed by atoms with Gasteiger partial charge in [0.15, 0.2) is 0 Å². The van der Waals surface area contributed by atoms with E-state index in [4.69, 9.17) is 5.11 Å². The van der Waals surface area contributed by atoms with Crippen molar-refractivity contribution in [3.05, 3.63) is 36.1 Å². The molecule has 0 radical (unpaired) electrons. The van der Waals surface area contributed by atoms with Gasteiger partial charge in [-0.2, -0.15) is 0 Å². The fourth-order valence-corrected chi connectivity index (χ4v) is 0.568. The average Bonchev–Trinajstić information content (AvgIpc) is 2.21. The highest BCUT2D eigenvalue weighted by Gasteiger charge is 1.83. The molecule has 0 unspecified atom stereocenters. The summed E-state index contributed by atoms with van der Waals surface area (Å²) in [4.78, 5) is 0. The number of aliphatic hydroxyl groups is 1. The van der Waals surface area contributed by atoms with E-state index in [2.05, 4.69) is 0 Å². The molecule has 0 atom stereocenters. The number of aliphatic hydroxyl groups excluding tert-OH is 1. The van der Waals surface area contributed by atoms with Crippen LogP contribution in [0.15, 0.2) is 36.1 Å². The highest BCUT2D eigenvalue weighted by atomic mass is 16.3. The van der Waals surface area contributed by atoms with Crippen LogP contribution in [0.5, 0.6) is 0 Å². The van der Waals surface area contributed by atoms with E-state index in [1.54, 1.807) is 12.2 Å². The summed E-state index contributed by atoms with van der Waals surface area (Å²) in [5, 5.41) is 8.81. The Balaban J connectivity index is 0.000000371. The monoisotopic (exact) mass is 138 g/mol. The van der Waals surface area contributed by atoms with Crippen LogP contribution in [0.4, 0.5) is 0 Å². The highest BCUT2D eigenvalue weighted by Crippen LogP contribution is 1.99. The van der Waals surface area contributed by atoms with Crippen molar-refractivity contribution in [2.75, 3.05) is 0 Å². The van der Waals surface area contributed by atoms with Crippen molar-refractivity contribution in [1.82, 2.24) is 0 Å². The van der Waals surface area contributed by atoms with Crippen LogP contribution in [-0.4, -0.2) is 5.11 Å². The predicted molar refractivity (Wildman–Crippen MR) is 45.0 cm³/mol. The maximum absolute atomic E-state index is 8.81. The summed E-state index contributed by atoms with van der Waals surface area (Å²) in [7, 11) is 0. The smallest absolute Gasteiger partial charge is 0.115 e. The molecule has 0 bridgehead atoms. The van der Waals surface area contributed by atoms with Gasteiger partial charge in [0.25, 0.3) is 0 Å². The fourth-order valence-electron chi connectivity index (χ4n) is 0.568. The SMILES string of the molecule is CC.OC1=CC=CCC=C1. The third kappa shape index (κ3) is 3.96. The zero-order valence-corrected chi connectivity index (χ0v) is 6.54. The molecule has 1 aliphatic rings. The van der Waals surface area contributed by atoms with E-state index in [9.17, 15) is 0 Å². The first-order valence-electron chi connectivity index (χ1n) is 3.62. The van der Waals surface area contributed by atoms with Crippen molar-refractivity contribution in [3.8, 4) is 0 Å². The number of hydrogen-bond acceptors (Lipinski definition) is 1. The second-order valence-electron chi connectivity index (χ2n) is 1.66. The van der Waals surface area contributed by atoms with Gasteiger partial charge in [0.1, 0.15) is 5.76 Å². The maximum Gasteiger partial charge on any atom is 0.115 e. The van der Waals surface area contributed by atoms with Gasteiger partial charge in [0, 0.05) is 0 Å². The summed E-state index contributed by atoms with van der Waals surface area (Å²) in [6.07, 6.45) is 10.0. The van der Waals surface area contributed by atoms with Gasteiger partial charge >= 0.3 is 0 Å². The van der Waals surface area contributed by atoms with Crippen LogP contribution in [0.2, 0.25) is 0 Å². The van der Waals surface area contributed by atoms with Gasteiger partial charge in [0.05, 0.1) is 0 Å². The first-order valence-corrected chi connectivity index (χ1v) is 3.62. The molecule has 1 N–H and O–H groups in total. The lowest BCUT2D eigenvalue weighted by Gasteiger charge is -1.81. The van der Waals surface area contributed by atoms with Gasteiger partial charge in [-0.25, -0.2) is 0 Å². The Labute approximate surface area is 62.4 Å². The topological polar surface area (TPSA) is 20.2 Å². The Kier molecular flexibility index (Phi) is 5.54. The molecule has 0 aromatic rings. The van der Waals surface area contributed by atoms with Crippen LogP contribution < -0.4 is 0 Å². The number of rotatable bonds is 0. The highest BCUT2D eigenvalue weighted by molar-refractivity contribution is 5.21. The standard InChI is InChI=1S/C7H8O.C2H6/c8-7-5-3-1-2-4-6-7;1-2/h1,3-6,8H,2H2;1-2H3.